The molecule has 0 rings (SSSR count). The minimum Gasteiger partial charge on any atom is -0.103 e. The van der Waals surface area contributed by atoms with Gasteiger partial charge in [-0.15, -0.1) is 11.8 Å². The summed E-state index contributed by atoms with van der Waals surface area (Å²) in [4.78, 5) is 0. The zero-order chi connectivity index (χ0) is 22.0. The average Bonchev–Trinajstić information content (AvgIpc) is 2.75. The number of rotatable bonds is 23. The van der Waals surface area contributed by atoms with E-state index in [1.165, 1.54) is 141 Å². The molecule has 0 aliphatic heterocycles. The Labute approximate surface area is 192 Å². The molecule has 0 saturated heterocycles. The van der Waals surface area contributed by atoms with Gasteiger partial charge < -0.3 is 0 Å². The number of unbranched alkanes of at least 4 members (excludes halogenated alkanes) is 19. The summed E-state index contributed by atoms with van der Waals surface area (Å²) in [5, 5.41) is 0. The van der Waals surface area contributed by atoms with Crippen molar-refractivity contribution in [3.63, 3.8) is 0 Å². The van der Waals surface area contributed by atoms with Crippen LogP contribution in [0.1, 0.15) is 175 Å². The van der Waals surface area contributed by atoms with Crippen molar-refractivity contribution in [3.8, 4) is 11.8 Å². The van der Waals surface area contributed by atoms with E-state index in [4.69, 9.17) is 0 Å². The molecule has 0 nitrogen and oxygen atoms in total. The fourth-order valence-electron chi connectivity index (χ4n) is 4.37. The third-order valence-electron chi connectivity index (χ3n) is 6.55. The smallest absolute Gasteiger partial charge is 0.00886 e. The second kappa shape index (κ2) is 26.6. The molecule has 30 heavy (non-hydrogen) atoms. The maximum Gasteiger partial charge on any atom is 0.00886 e. The van der Waals surface area contributed by atoms with Crippen molar-refractivity contribution in [2.45, 2.75) is 175 Å². The highest BCUT2D eigenvalue weighted by Crippen LogP contribution is 2.19. The van der Waals surface area contributed by atoms with E-state index in [0.29, 0.717) is 0 Å². The van der Waals surface area contributed by atoms with Gasteiger partial charge in [0.1, 0.15) is 0 Å². The lowest BCUT2D eigenvalue weighted by atomic mass is 9.95. The van der Waals surface area contributed by atoms with Crippen molar-refractivity contribution in [1.29, 1.82) is 0 Å². The Hall–Kier alpha value is -0.440. The van der Waals surface area contributed by atoms with Gasteiger partial charge in [0, 0.05) is 12.8 Å². The van der Waals surface area contributed by atoms with Crippen molar-refractivity contribution in [1.82, 2.24) is 0 Å². The van der Waals surface area contributed by atoms with E-state index in [9.17, 15) is 0 Å². The standard InChI is InChI=1S/C30H58/c1-4-6-8-10-12-14-16-17-19-21-23-25-27-29-30(3)28-26-24-22-20-18-15-13-11-9-7-5-2/h30H,4-8,10,12-29H2,1-3H3. The second-order valence-electron chi connectivity index (χ2n) is 9.90. The van der Waals surface area contributed by atoms with Crippen LogP contribution in [0.25, 0.3) is 0 Å². The summed E-state index contributed by atoms with van der Waals surface area (Å²) in [5.41, 5.74) is 0. The fourth-order valence-corrected chi connectivity index (χ4v) is 4.37. The van der Waals surface area contributed by atoms with Crippen LogP contribution in [0.2, 0.25) is 0 Å². The largest absolute Gasteiger partial charge is 0.103 e. The minimum absolute atomic E-state index is 0.951. The molecule has 0 heterocycles. The summed E-state index contributed by atoms with van der Waals surface area (Å²) in [5.74, 6) is 7.51. The lowest BCUT2D eigenvalue weighted by Gasteiger charge is -2.11. The molecule has 0 aromatic rings. The quantitative estimate of drug-likeness (QED) is 0.114. The third-order valence-corrected chi connectivity index (χ3v) is 6.55. The van der Waals surface area contributed by atoms with E-state index in [2.05, 4.69) is 32.6 Å². The minimum atomic E-state index is 0.951. The Bertz CT molecular complexity index is 358. The van der Waals surface area contributed by atoms with Gasteiger partial charge in [-0.1, -0.05) is 149 Å². The first-order valence-corrected chi connectivity index (χ1v) is 14.3. The number of hydrogen-bond donors (Lipinski definition) is 0. The zero-order valence-electron chi connectivity index (χ0n) is 21.5. The fraction of sp³-hybridized carbons (Fsp3) is 0.933. The summed E-state index contributed by atoms with van der Waals surface area (Å²) in [6.07, 6.45) is 33.8. The maximum absolute atomic E-state index is 3.30. The summed E-state index contributed by atoms with van der Waals surface area (Å²) >= 11 is 0. The summed E-state index contributed by atoms with van der Waals surface area (Å²) in [6.45, 7) is 6.99. The van der Waals surface area contributed by atoms with Crippen molar-refractivity contribution in [3.05, 3.63) is 0 Å². The molecule has 0 N–H and O–H groups in total. The molecule has 0 amide bonds. The van der Waals surface area contributed by atoms with Crippen LogP contribution in [0.3, 0.4) is 0 Å². The van der Waals surface area contributed by atoms with Crippen molar-refractivity contribution < 1.29 is 0 Å². The van der Waals surface area contributed by atoms with E-state index in [-0.39, 0.29) is 0 Å². The predicted octanol–water partition coefficient (Wildman–Crippen LogP) is 11.0. The molecule has 0 aromatic heterocycles. The van der Waals surface area contributed by atoms with E-state index < -0.39 is 0 Å². The Morgan fingerprint density at radius 1 is 0.400 bits per heavy atom. The maximum atomic E-state index is 3.30. The van der Waals surface area contributed by atoms with Crippen molar-refractivity contribution in [2.75, 3.05) is 0 Å². The van der Waals surface area contributed by atoms with E-state index in [0.717, 1.165) is 18.8 Å². The van der Waals surface area contributed by atoms with Gasteiger partial charge in [-0.05, 0) is 18.8 Å². The van der Waals surface area contributed by atoms with E-state index >= 15 is 0 Å². The highest BCUT2D eigenvalue weighted by molar-refractivity contribution is 4.98. The van der Waals surface area contributed by atoms with Crippen LogP contribution in [0.5, 0.6) is 0 Å². The molecule has 0 saturated carbocycles. The van der Waals surface area contributed by atoms with Crippen LogP contribution in [0.4, 0.5) is 0 Å². The van der Waals surface area contributed by atoms with Gasteiger partial charge in [0.25, 0.3) is 0 Å². The molecule has 178 valence electrons. The Morgan fingerprint density at radius 3 is 1.20 bits per heavy atom. The van der Waals surface area contributed by atoms with Gasteiger partial charge >= 0.3 is 0 Å². The Morgan fingerprint density at radius 2 is 0.767 bits per heavy atom. The first-order chi connectivity index (χ1) is 14.8. The van der Waals surface area contributed by atoms with Gasteiger partial charge in [0.15, 0.2) is 0 Å². The topological polar surface area (TPSA) is 0 Å². The molecule has 0 spiro atoms. The van der Waals surface area contributed by atoms with Crippen molar-refractivity contribution in [2.24, 2.45) is 5.92 Å². The molecule has 1 atom stereocenters. The third kappa shape index (κ3) is 25.6. The molecular weight excluding hydrogens is 360 g/mol. The molecule has 0 heteroatoms. The molecule has 0 aliphatic carbocycles. The molecule has 0 fully saturated rings. The Kier molecular flexibility index (Phi) is 26.2. The molecule has 0 aromatic carbocycles. The molecule has 0 radical (unpaired) electrons. The second-order valence-corrected chi connectivity index (χ2v) is 9.90. The highest BCUT2D eigenvalue weighted by atomic mass is 14.1. The monoisotopic (exact) mass is 418 g/mol. The summed E-state index contributed by atoms with van der Waals surface area (Å²) < 4.78 is 0. The highest BCUT2D eigenvalue weighted by Gasteiger charge is 2.02. The van der Waals surface area contributed by atoms with Crippen LogP contribution in [-0.4, -0.2) is 0 Å². The SMILES string of the molecule is CCCC#CCCCCCCCCC(C)CCCCCCCCCCCCCCC. The number of hydrogen-bond acceptors (Lipinski definition) is 0. The van der Waals surface area contributed by atoms with E-state index in [1.54, 1.807) is 0 Å². The zero-order valence-corrected chi connectivity index (χ0v) is 21.5. The van der Waals surface area contributed by atoms with Gasteiger partial charge in [0.2, 0.25) is 0 Å². The normalized spacial score (nSPS) is 12.0. The van der Waals surface area contributed by atoms with Gasteiger partial charge in [-0.2, -0.15) is 0 Å². The Balaban J connectivity index is 3.17. The summed E-state index contributed by atoms with van der Waals surface area (Å²) in [7, 11) is 0. The van der Waals surface area contributed by atoms with Crippen LogP contribution >= 0.6 is 0 Å². The van der Waals surface area contributed by atoms with Gasteiger partial charge in [0.05, 0.1) is 0 Å². The van der Waals surface area contributed by atoms with Crippen LogP contribution in [0.15, 0.2) is 0 Å². The van der Waals surface area contributed by atoms with Gasteiger partial charge in [-0.25, -0.2) is 0 Å². The lowest BCUT2D eigenvalue weighted by Crippen LogP contribution is -1.95. The van der Waals surface area contributed by atoms with Crippen LogP contribution in [0, 0.1) is 17.8 Å². The molecule has 0 bridgehead atoms. The first kappa shape index (κ1) is 29.6. The van der Waals surface area contributed by atoms with Crippen LogP contribution < -0.4 is 0 Å². The van der Waals surface area contributed by atoms with Gasteiger partial charge in [-0.3, -0.25) is 0 Å². The van der Waals surface area contributed by atoms with Crippen molar-refractivity contribution >= 4 is 0 Å². The van der Waals surface area contributed by atoms with Crippen LogP contribution in [-0.2, 0) is 0 Å². The lowest BCUT2D eigenvalue weighted by molar-refractivity contribution is 0.430. The summed E-state index contributed by atoms with van der Waals surface area (Å²) in [6, 6.07) is 0. The molecule has 1 unspecified atom stereocenters. The predicted molar refractivity (Wildman–Crippen MR) is 139 cm³/mol. The van der Waals surface area contributed by atoms with E-state index in [1.807, 2.05) is 0 Å². The first-order valence-electron chi connectivity index (χ1n) is 14.3. The molecule has 0 aliphatic rings. The average molecular weight is 419 g/mol. The molecular formula is C30H58.